The molecule has 14 heteroatoms. The number of ether oxygens (including phenoxy) is 4. The van der Waals surface area contributed by atoms with Crippen molar-refractivity contribution in [1.29, 1.82) is 0 Å². The van der Waals surface area contributed by atoms with Crippen molar-refractivity contribution in [3.05, 3.63) is 134 Å². The monoisotopic (exact) mass is 1330 g/mol. The van der Waals surface area contributed by atoms with Crippen LogP contribution in [0.3, 0.4) is 0 Å². The van der Waals surface area contributed by atoms with Gasteiger partial charge in [-0.1, -0.05) is 302 Å². The Morgan fingerprint density at radius 1 is 0.389 bits per heavy atom. The lowest BCUT2D eigenvalue weighted by atomic mass is 9.97. The largest absolute Gasteiger partial charge is 0.394 e. The van der Waals surface area contributed by atoms with E-state index < -0.39 is 86.8 Å². The molecule has 9 N–H and O–H groups in total. The number of aliphatic hydroxyl groups is 8. The van der Waals surface area contributed by atoms with Gasteiger partial charge in [0.25, 0.3) is 0 Å². The topological polar surface area (TPSA) is 228 Å². The fraction of sp³-hybridized carbons (Fsp3) is 0.716. The smallest absolute Gasteiger partial charge is 0.220 e. The van der Waals surface area contributed by atoms with E-state index in [0.29, 0.717) is 12.8 Å². The molecule has 544 valence electrons. The minimum Gasteiger partial charge on any atom is -0.394 e. The van der Waals surface area contributed by atoms with Crippen LogP contribution in [0.25, 0.3) is 0 Å². The zero-order chi connectivity index (χ0) is 68.7. The summed E-state index contributed by atoms with van der Waals surface area (Å²) in [5.74, 6) is -0.253. The van der Waals surface area contributed by atoms with Crippen LogP contribution in [0.2, 0.25) is 0 Å². The van der Waals surface area contributed by atoms with Crippen molar-refractivity contribution >= 4 is 5.91 Å². The zero-order valence-corrected chi connectivity index (χ0v) is 59.4. The molecular formula is C81H137NO13. The van der Waals surface area contributed by atoms with Crippen LogP contribution < -0.4 is 5.32 Å². The highest BCUT2D eigenvalue weighted by Crippen LogP contribution is 2.30. The van der Waals surface area contributed by atoms with Crippen molar-refractivity contribution in [2.45, 2.75) is 351 Å². The summed E-state index contributed by atoms with van der Waals surface area (Å²) in [4.78, 5) is 13.3. The average molecular weight is 1330 g/mol. The number of carbonyl (C=O) groups is 1. The molecule has 0 aromatic heterocycles. The van der Waals surface area contributed by atoms with Crippen LogP contribution in [0.4, 0.5) is 0 Å². The third-order valence-corrected chi connectivity index (χ3v) is 17.6. The predicted octanol–water partition coefficient (Wildman–Crippen LogP) is 16.6. The number of unbranched alkanes of at least 4 members (excludes halogenated alkanes) is 28. The van der Waals surface area contributed by atoms with Crippen LogP contribution in [-0.2, 0) is 23.7 Å². The van der Waals surface area contributed by atoms with Crippen molar-refractivity contribution in [3.63, 3.8) is 0 Å². The summed E-state index contributed by atoms with van der Waals surface area (Å²) in [7, 11) is 0. The summed E-state index contributed by atoms with van der Waals surface area (Å²) in [5.41, 5.74) is 0. The minimum absolute atomic E-state index is 0.253. The fourth-order valence-corrected chi connectivity index (χ4v) is 11.6. The molecule has 0 saturated carbocycles. The van der Waals surface area contributed by atoms with Crippen LogP contribution in [-0.4, -0.2) is 140 Å². The molecular weight excluding hydrogens is 1190 g/mol. The van der Waals surface area contributed by atoms with E-state index in [2.05, 4.69) is 141 Å². The number of amides is 1. The van der Waals surface area contributed by atoms with Crippen LogP contribution >= 0.6 is 0 Å². The van der Waals surface area contributed by atoms with Crippen LogP contribution in [0, 0.1) is 0 Å². The Kier molecular flexibility index (Phi) is 58.4. The number of aliphatic hydroxyl groups excluding tert-OH is 8. The SMILES string of the molecule is CC/C=C\C/C=C\C/C=C\C/C=C\C/C=C\C/C=C\C/C=C\C/C=C\C/C=C\CCCCCCCCCCCCCCCC(=O)NC(COC1OC(CO)C(OC2OC(CO)C(O)C(O)C2O)C(O)C1O)C(O)/C=C/CC/C=C/CCCCCCCCCCCCCCCC. The Balaban J connectivity index is 1.62. The molecule has 0 radical (unpaired) electrons. The molecule has 2 fully saturated rings. The lowest BCUT2D eigenvalue weighted by molar-refractivity contribution is -0.359. The first-order chi connectivity index (χ1) is 46.6. The van der Waals surface area contributed by atoms with Gasteiger partial charge in [0.15, 0.2) is 12.6 Å². The van der Waals surface area contributed by atoms with Gasteiger partial charge in [-0.15, -0.1) is 0 Å². The molecule has 0 aromatic carbocycles. The summed E-state index contributed by atoms with van der Waals surface area (Å²) in [6, 6.07) is -0.941. The highest BCUT2D eigenvalue weighted by molar-refractivity contribution is 5.76. The van der Waals surface area contributed by atoms with Gasteiger partial charge < -0.3 is 65.1 Å². The maximum Gasteiger partial charge on any atom is 0.220 e. The number of rotatable bonds is 61. The van der Waals surface area contributed by atoms with E-state index >= 15 is 0 Å². The van der Waals surface area contributed by atoms with Crippen LogP contribution in [0.5, 0.6) is 0 Å². The normalized spacial score (nSPS) is 23.1. The Morgan fingerprint density at radius 3 is 1.16 bits per heavy atom. The molecule has 12 unspecified atom stereocenters. The first-order valence-electron chi connectivity index (χ1n) is 37.9. The molecule has 2 heterocycles. The standard InChI is InChI=1S/C81H137NO13/c1-3-5-7-9-11-13-15-17-19-21-23-25-26-27-28-29-30-31-32-33-34-35-36-37-38-39-40-41-42-43-44-45-47-49-51-53-55-57-59-61-63-65-73(86)82-69(70(85)64-62-60-58-56-54-52-50-48-46-24-22-20-18-16-14-12-10-8-6-4-2)68-92-80-78(91)76(89)79(72(67-84)94-80)95-81-77(90)75(88)74(87)71(66-83)93-81/h5,7,11,13,17,19,23,25,27-28,30-31,33-34,36-37,39-40,54,56,62,64,69-72,74-81,83-85,87-91H,3-4,6,8-10,12,14-16,18,20-22,24,26,29,32,35,38,41-53,55,57-61,63,65-68H2,1-2H3,(H,82,86)/b7-5-,13-11-,19-17-,25-23-,28-27-,31-30-,34-33-,37-36-,40-39-,56-54+,64-62+. The van der Waals surface area contributed by atoms with Crippen molar-refractivity contribution in [2.75, 3.05) is 19.8 Å². The maximum absolute atomic E-state index is 13.3. The first-order valence-corrected chi connectivity index (χ1v) is 37.9. The van der Waals surface area contributed by atoms with E-state index in [-0.39, 0.29) is 18.9 Å². The number of carbonyl (C=O) groups excluding carboxylic acids is 1. The molecule has 14 nitrogen and oxygen atoms in total. The lowest BCUT2D eigenvalue weighted by Gasteiger charge is -2.46. The quantitative estimate of drug-likeness (QED) is 0.0204. The molecule has 0 bridgehead atoms. The van der Waals surface area contributed by atoms with Gasteiger partial charge >= 0.3 is 0 Å². The molecule has 1 amide bonds. The van der Waals surface area contributed by atoms with Gasteiger partial charge in [0.05, 0.1) is 32.0 Å². The van der Waals surface area contributed by atoms with E-state index in [1.807, 2.05) is 6.08 Å². The van der Waals surface area contributed by atoms with Gasteiger partial charge in [0.1, 0.15) is 48.8 Å². The van der Waals surface area contributed by atoms with E-state index in [0.717, 1.165) is 96.3 Å². The van der Waals surface area contributed by atoms with Gasteiger partial charge in [-0.2, -0.15) is 0 Å². The first kappa shape index (κ1) is 87.2. The van der Waals surface area contributed by atoms with Gasteiger partial charge in [-0.05, 0) is 103 Å². The Hall–Kier alpha value is -3.87. The summed E-state index contributed by atoms with van der Waals surface area (Å²) >= 11 is 0. The number of hydrogen-bond donors (Lipinski definition) is 9. The highest BCUT2D eigenvalue weighted by Gasteiger charge is 2.51. The molecule has 2 aliphatic rings. The van der Waals surface area contributed by atoms with Crippen LogP contribution in [0.1, 0.15) is 277 Å². The molecule has 0 spiro atoms. The molecule has 2 saturated heterocycles. The van der Waals surface area contributed by atoms with Crippen LogP contribution in [0.15, 0.2) is 134 Å². The van der Waals surface area contributed by atoms with Crippen molar-refractivity contribution in [2.24, 2.45) is 0 Å². The van der Waals surface area contributed by atoms with E-state index in [9.17, 15) is 45.6 Å². The van der Waals surface area contributed by atoms with Crippen molar-refractivity contribution in [3.8, 4) is 0 Å². The predicted molar refractivity (Wildman–Crippen MR) is 391 cm³/mol. The summed E-state index contributed by atoms with van der Waals surface area (Å²) in [6.07, 6.45) is 78.0. The van der Waals surface area contributed by atoms with Crippen molar-refractivity contribution in [1.82, 2.24) is 5.32 Å². The second-order valence-corrected chi connectivity index (χ2v) is 26.0. The van der Waals surface area contributed by atoms with E-state index in [4.69, 9.17) is 18.9 Å². The molecule has 12 atom stereocenters. The van der Waals surface area contributed by atoms with Gasteiger partial charge in [-0.25, -0.2) is 0 Å². The zero-order valence-electron chi connectivity index (χ0n) is 59.4. The second-order valence-electron chi connectivity index (χ2n) is 26.0. The molecule has 2 rings (SSSR count). The minimum atomic E-state index is -1.80. The highest BCUT2D eigenvalue weighted by atomic mass is 16.7. The molecule has 95 heavy (non-hydrogen) atoms. The third-order valence-electron chi connectivity index (χ3n) is 17.6. The van der Waals surface area contributed by atoms with E-state index in [1.54, 1.807) is 6.08 Å². The second kappa shape index (κ2) is 63.6. The summed E-state index contributed by atoms with van der Waals surface area (Å²) in [5, 5.41) is 87.5. The maximum atomic E-state index is 13.3. The van der Waals surface area contributed by atoms with E-state index in [1.165, 1.54) is 148 Å². The third kappa shape index (κ3) is 46.9. The molecule has 2 aliphatic heterocycles. The molecule has 0 aromatic rings. The Bertz CT molecular complexity index is 2110. The van der Waals surface area contributed by atoms with Gasteiger partial charge in [0.2, 0.25) is 5.91 Å². The number of hydrogen-bond acceptors (Lipinski definition) is 13. The van der Waals surface area contributed by atoms with Gasteiger partial charge in [0, 0.05) is 6.42 Å². The average Bonchev–Trinajstić information content (AvgIpc) is 0.897. The molecule has 0 aliphatic carbocycles. The Labute approximate surface area is 577 Å². The number of allylic oxidation sites excluding steroid dienone is 21. The van der Waals surface area contributed by atoms with Crippen molar-refractivity contribution < 1.29 is 64.6 Å². The lowest BCUT2D eigenvalue weighted by Crippen LogP contribution is -2.65. The summed E-state index contributed by atoms with van der Waals surface area (Å²) in [6.45, 7) is 2.68. The van der Waals surface area contributed by atoms with Gasteiger partial charge in [-0.3, -0.25) is 4.79 Å². The summed E-state index contributed by atoms with van der Waals surface area (Å²) < 4.78 is 22.9. The Morgan fingerprint density at radius 2 is 0.737 bits per heavy atom. The fourth-order valence-electron chi connectivity index (χ4n) is 11.6. The number of nitrogens with one attached hydrogen (secondary N) is 1.